The molecule has 1 heterocycles. The summed E-state index contributed by atoms with van der Waals surface area (Å²) in [6.07, 6.45) is 3.08. The predicted octanol–water partition coefficient (Wildman–Crippen LogP) is 1.81. The van der Waals surface area contributed by atoms with Crippen LogP contribution in [0.2, 0.25) is 0 Å². The molecule has 180 valence electrons. The molecule has 1 fully saturated rings. The number of nitrogens with zero attached hydrogens (tertiary/aromatic N) is 3. The lowest BCUT2D eigenvalue weighted by atomic mass is 10.1. The summed E-state index contributed by atoms with van der Waals surface area (Å²) in [4.78, 5) is 40.1. The minimum atomic E-state index is -3.60. The van der Waals surface area contributed by atoms with Gasteiger partial charge in [0.15, 0.2) is 6.61 Å². The lowest BCUT2D eigenvalue weighted by Gasteiger charge is -2.20. The van der Waals surface area contributed by atoms with Crippen LogP contribution in [-0.2, 0) is 29.1 Å². The first-order chi connectivity index (χ1) is 15.7. The van der Waals surface area contributed by atoms with Crippen LogP contribution in [0, 0.1) is 5.92 Å². The molecule has 1 saturated heterocycles. The maximum atomic E-state index is 12.6. The first-order valence-electron chi connectivity index (χ1n) is 10.8. The van der Waals surface area contributed by atoms with Gasteiger partial charge in [-0.25, -0.2) is 8.42 Å². The Morgan fingerprint density at radius 3 is 2.21 bits per heavy atom. The largest absolute Gasteiger partial charge is 0.455 e. The summed E-state index contributed by atoms with van der Waals surface area (Å²) in [6.45, 7) is 11.7. The fourth-order valence-electron chi connectivity index (χ4n) is 3.56. The van der Waals surface area contributed by atoms with Gasteiger partial charge in [0.05, 0.1) is 10.8 Å². The summed E-state index contributed by atoms with van der Waals surface area (Å²) in [5, 5.41) is 0. The molecule has 1 atom stereocenters. The standard InChI is InChI=1S/C23H31N3O6S/c1-5-13-24(14-6-2)22(28)17-32-23(29)18-15-21(27)26(16-18)19-9-11-20(12-10-19)33(30,31)25(7-3)8-4/h5-6,9-12,18H,1-2,7-8,13-17H2,3-4H3. The number of carbonyl (C=O) groups excluding carboxylic acids is 3. The molecule has 0 aromatic heterocycles. The van der Waals surface area contributed by atoms with E-state index in [9.17, 15) is 22.8 Å². The van der Waals surface area contributed by atoms with Crippen molar-refractivity contribution in [3.63, 3.8) is 0 Å². The fraction of sp³-hybridized carbons (Fsp3) is 0.435. The van der Waals surface area contributed by atoms with Gasteiger partial charge in [-0.05, 0) is 24.3 Å². The van der Waals surface area contributed by atoms with E-state index in [1.54, 1.807) is 38.1 Å². The Morgan fingerprint density at radius 2 is 1.70 bits per heavy atom. The van der Waals surface area contributed by atoms with Crippen LogP contribution in [0.5, 0.6) is 0 Å². The van der Waals surface area contributed by atoms with Crippen LogP contribution in [0.15, 0.2) is 54.5 Å². The van der Waals surface area contributed by atoms with E-state index < -0.39 is 28.5 Å². The molecular weight excluding hydrogens is 446 g/mol. The van der Waals surface area contributed by atoms with Crippen LogP contribution < -0.4 is 4.90 Å². The Balaban J connectivity index is 2.02. The van der Waals surface area contributed by atoms with Crippen LogP contribution in [0.1, 0.15) is 20.3 Å². The number of hydrogen-bond donors (Lipinski definition) is 0. The molecule has 0 bridgehead atoms. The molecule has 0 spiro atoms. The number of benzene rings is 1. The van der Waals surface area contributed by atoms with Crippen molar-refractivity contribution in [3.8, 4) is 0 Å². The van der Waals surface area contributed by atoms with E-state index >= 15 is 0 Å². The highest BCUT2D eigenvalue weighted by Crippen LogP contribution is 2.27. The molecule has 9 nitrogen and oxygen atoms in total. The first kappa shape index (κ1) is 26.3. The average Bonchev–Trinajstić information content (AvgIpc) is 3.19. The number of esters is 1. The zero-order chi connectivity index (χ0) is 24.6. The maximum Gasteiger partial charge on any atom is 0.311 e. The number of amides is 2. The van der Waals surface area contributed by atoms with E-state index in [-0.39, 0.29) is 29.7 Å². The maximum absolute atomic E-state index is 12.6. The van der Waals surface area contributed by atoms with Gasteiger partial charge in [0.2, 0.25) is 15.9 Å². The van der Waals surface area contributed by atoms with Gasteiger partial charge in [-0.15, -0.1) is 13.2 Å². The van der Waals surface area contributed by atoms with Crippen molar-refractivity contribution in [2.24, 2.45) is 5.92 Å². The second kappa shape index (κ2) is 11.8. The number of sulfonamides is 1. The molecule has 1 aliphatic rings. The van der Waals surface area contributed by atoms with E-state index in [1.165, 1.54) is 26.2 Å². The van der Waals surface area contributed by atoms with Gasteiger partial charge >= 0.3 is 5.97 Å². The van der Waals surface area contributed by atoms with Gasteiger partial charge in [0.25, 0.3) is 5.91 Å². The lowest BCUT2D eigenvalue weighted by molar-refractivity contribution is -0.154. The number of ether oxygens (including phenoxy) is 1. The molecule has 10 heteroatoms. The highest BCUT2D eigenvalue weighted by atomic mass is 32.2. The Morgan fingerprint density at radius 1 is 1.12 bits per heavy atom. The Hall–Kier alpha value is -2.98. The van der Waals surface area contributed by atoms with Crippen LogP contribution in [0.4, 0.5) is 5.69 Å². The van der Waals surface area contributed by atoms with E-state index in [0.717, 1.165) is 0 Å². The molecule has 0 N–H and O–H groups in total. The van der Waals surface area contributed by atoms with Crippen LogP contribution in [0.25, 0.3) is 0 Å². The molecule has 0 saturated carbocycles. The van der Waals surface area contributed by atoms with Gasteiger partial charge < -0.3 is 14.5 Å². The van der Waals surface area contributed by atoms with Crippen molar-refractivity contribution in [2.45, 2.75) is 25.2 Å². The summed E-state index contributed by atoms with van der Waals surface area (Å²) in [7, 11) is -3.60. The van der Waals surface area contributed by atoms with Crippen molar-refractivity contribution in [1.29, 1.82) is 0 Å². The normalized spacial score (nSPS) is 16.0. The molecule has 0 aliphatic carbocycles. The summed E-state index contributed by atoms with van der Waals surface area (Å²) in [6, 6.07) is 6.00. The Bertz CT molecular complexity index is 976. The van der Waals surface area contributed by atoms with Crippen LogP contribution in [0.3, 0.4) is 0 Å². The number of hydrogen-bond acceptors (Lipinski definition) is 6. The Kier molecular flexibility index (Phi) is 9.36. The zero-order valence-electron chi connectivity index (χ0n) is 19.1. The molecule has 1 unspecified atom stereocenters. The third-order valence-corrected chi connectivity index (χ3v) is 7.40. The fourth-order valence-corrected chi connectivity index (χ4v) is 5.02. The van der Waals surface area contributed by atoms with Crippen molar-refractivity contribution in [2.75, 3.05) is 44.2 Å². The minimum Gasteiger partial charge on any atom is -0.455 e. The summed E-state index contributed by atoms with van der Waals surface area (Å²) in [5.41, 5.74) is 0.494. The second-order valence-electron chi connectivity index (χ2n) is 7.47. The number of rotatable bonds is 12. The summed E-state index contributed by atoms with van der Waals surface area (Å²) >= 11 is 0. The van der Waals surface area contributed by atoms with Gasteiger partial charge in [0, 0.05) is 44.8 Å². The second-order valence-corrected chi connectivity index (χ2v) is 9.41. The monoisotopic (exact) mass is 477 g/mol. The van der Waals surface area contributed by atoms with Crippen molar-refractivity contribution in [1.82, 2.24) is 9.21 Å². The topological polar surface area (TPSA) is 104 Å². The van der Waals surface area contributed by atoms with Gasteiger partial charge in [-0.1, -0.05) is 26.0 Å². The van der Waals surface area contributed by atoms with E-state index in [0.29, 0.717) is 31.9 Å². The first-order valence-corrected chi connectivity index (χ1v) is 12.2. The van der Waals surface area contributed by atoms with Gasteiger partial charge in [-0.2, -0.15) is 4.31 Å². The van der Waals surface area contributed by atoms with Gasteiger partial charge in [-0.3, -0.25) is 14.4 Å². The molecule has 1 aromatic carbocycles. The Labute approximate surface area is 195 Å². The lowest BCUT2D eigenvalue weighted by Crippen LogP contribution is -2.36. The number of anilines is 1. The van der Waals surface area contributed by atoms with E-state index in [2.05, 4.69) is 13.2 Å². The van der Waals surface area contributed by atoms with E-state index in [4.69, 9.17) is 4.74 Å². The van der Waals surface area contributed by atoms with Crippen LogP contribution in [-0.4, -0.2) is 74.7 Å². The van der Waals surface area contributed by atoms with Crippen molar-refractivity contribution >= 4 is 33.5 Å². The predicted molar refractivity (Wildman–Crippen MR) is 125 cm³/mol. The smallest absolute Gasteiger partial charge is 0.311 e. The quantitative estimate of drug-likeness (QED) is 0.336. The van der Waals surface area contributed by atoms with Crippen molar-refractivity contribution < 1.29 is 27.5 Å². The molecule has 1 aromatic rings. The third kappa shape index (κ3) is 6.29. The summed E-state index contributed by atoms with van der Waals surface area (Å²) in [5.74, 6) is -1.99. The number of carbonyl (C=O) groups is 3. The van der Waals surface area contributed by atoms with Crippen molar-refractivity contribution in [3.05, 3.63) is 49.6 Å². The minimum absolute atomic E-state index is 0.0461. The highest BCUT2D eigenvalue weighted by molar-refractivity contribution is 7.89. The molecular formula is C23H31N3O6S. The molecule has 0 radical (unpaired) electrons. The van der Waals surface area contributed by atoms with E-state index in [1.807, 2.05) is 0 Å². The molecule has 1 aliphatic heterocycles. The third-order valence-electron chi connectivity index (χ3n) is 5.34. The SMILES string of the molecule is C=CCN(CC=C)C(=O)COC(=O)C1CC(=O)N(c2ccc(S(=O)(=O)N(CC)CC)cc2)C1. The molecule has 2 amide bonds. The molecule has 2 rings (SSSR count). The van der Waals surface area contributed by atoms with Gasteiger partial charge in [0.1, 0.15) is 0 Å². The van der Waals surface area contributed by atoms with Crippen LogP contribution >= 0.6 is 0 Å². The molecule has 33 heavy (non-hydrogen) atoms. The highest BCUT2D eigenvalue weighted by Gasteiger charge is 2.36. The zero-order valence-corrected chi connectivity index (χ0v) is 19.9. The summed E-state index contributed by atoms with van der Waals surface area (Å²) < 4.78 is 31.8. The average molecular weight is 478 g/mol.